The molecule has 2 aromatic heterocycles. The molecule has 8 nitrogen and oxygen atoms in total. The third kappa shape index (κ3) is 2.76. The van der Waals surface area contributed by atoms with Gasteiger partial charge in [-0.25, -0.2) is 4.68 Å². The molecule has 2 aliphatic heterocycles. The van der Waals surface area contributed by atoms with Crippen LogP contribution in [-0.2, 0) is 11.8 Å². The number of aromatic nitrogens is 4. The Morgan fingerprint density at radius 3 is 2.82 bits per heavy atom. The number of ether oxygens (including phenoxy) is 3. The van der Waals surface area contributed by atoms with Gasteiger partial charge in [-0.1, -0.05) is 0 Å². The topological polar surface area (TPSA) is 75.4 Å². The van der Waals surface area contributed by atoms with Crippen LogP contribution in [0.5, 0.6) is 11.5 Å². The van der Waals surface area contributed by atoms with E-state index >= 15 is 0 Å². The molecule has 0 saturated carbocycles. The number of anilines is 1. The predicted molar refractivity (Wildman–Crippen MR) is 95.1 cm³/mol. The molecule has 1 spiro atoms. The van der Waals surface area contributed by atoms with Crippen LogP contribution < -0.4 is 14.8 Å². The van der Waals surface area contributed by atoms with Crippen molar-refractivity contribution in [3.63, 3.8) is 0 Å². The van der Waals surface area contributed by atoms with E-state index in [9.17, 15) is 8.78 Å². The number of hydrogen-bond acceptors (Lipinski definition) is 6. The van der Waals surface area contributed by atoms with Crippen molar-refractivity contribution in [3.8, 4) is 28.4 Å². The maximum absolute atomic E-state index is 13.1. The summed E-state index contributed by atoms with van der Waals surface area (Å²) in [7, 11) is 1.75. The van der Waals surface area contributed by atoms with Crippen LogP contribution in [0.2, 0.25) is 0 Å². The summed E-state index contributed by atoms with van der Waals surface area (Å²) in [6.45, 7) is -1.53. The summed E-state index contributed by atoms with van der Waals surface area (Å²) < 4.78 is 45.4. The monoisotopic (exact) mass is 389 g/mol. The fraction of sp³-hybridized carbons (Fsp3) is 0.333. The van der Waals surface area contributed by atoms with Gasteiger partial charge in [-0.15, -0.1) is 0 Å². The van der Waals surface area contributed by atoms with Crippen LogP contribution in [0.4, 0.5) is 14.5 Å². The molecule has 1 aromatic carbocycles. The molecule has 3 aromatic rings. The summed E-state index contributed by atoms with van der Waals surface area (Å²) in [6, 6.07) is 4.97. The Morgan fingerprint density at radius 2 is 2.14 bits per heavy atom. The summed E-state index contributed by atoms with van der Waals surface area (Å²) in [6.07, 6.45) is 5.14. The highest BCUT2D eigenvalue weighted by Gasteiger charge is 2.43. The van der Waals surface area contributed by atoms with Gasteiger partial charge in [0.05, 0.1) is 30.7 Å². The average molecular weight is 389 g/mol. The molecule has 0 bridgehead atoms. The van der Waals surface area contributed by atoms with Crippen LogP contribution in [0.15, 0.2) is 36.8 Å². The van der Waals surface area contributed by atoms with Crippen LogP contribution in [0.3, 0.4) is 0 Å². The minimum absolute atomic E-state index is 0.00856. The van der Waals surface area contributed by atoms with Gasteiger partial charge >= 0.3 is 6.61 Å². The third-order valence-electron chi connectivity index (χ3n) is 4.77. The number of aryl methyl sites for hydroxylation is 1. The Bertz CT molecular complexity index is 1010. The van der Waals surface area contributed by atoms with Crippen LogP contribution in [0.25, 0.3) is 16.9 Å². The molecule has 4 heterocycles. The SMILES string of the molecule is Cn1cc(-n2cccn2)c(-c2cc3c(cc2OC(F)F)NC2(COC2)CO3)n1. The molecular weight excluding hydrogens is 372 g/mol. The summed E-state index contributed by atoms with van der Waals surface area (Å²) in [5, 5.41) is 12.0. The number of fused-ring (bicyclic) bond motifs is 1. The van der Waals surface area contributed by atoms with Gasteiger partial charge in [-0.05, 0) is 12.1 Å². The highest BCUT2D eigenvalue weighted by molar-refractivity contribution is 5.80. The number of alkyl halides is 2. The van der Waals surface area contributed by atoms with Crippen LogP contribution in [-0.4, -0.2) is 51.5 Å². The number of hydrogen-bond donors (Lipinski definition) is 1. The molecule has 0 amide bonds. The van der Waals surface area contributed by atoms with E-state index in [2.05, 4.69) is 15.5 Å². The quantitative estimate of drug-likeness (QED) is 0.739. The first-order valence-corrected chi connectivity index (χ1v) is 8.69. The van der Waals surface area contributed by atoms with E-state index < -0.39 is 6.61 Å². The molecule has 0 aliphatic carbocycles. The van der Waals surface area contributed by atoms with Gasteiger partial charge in [0.1, 0.15) is 35.0 Å². The van der Waals surface area contributed by atoms with E-state index in [0.717, 1.165) is 0 Å². The molecule has 1 saturated heterocycles. The number of nitrogens with zero attached hydrogens (tertiary/aromatic N) is 4. The van der Waals surface area contributed by atoms with Crippen molar-refractivity contribution in [3.05, 3.63) is 36.8 Å². The molecule has 5 rings (SSSR count). The van der Waals surface area contributed by atoms with E-state index in [4.69, 9.17) is 14.2 Å². The minimum Gasteiger partial charge on any atom is -0.489 e. The highest BCUT2D eigenvalue weighted by atomic mass is 19.3. The maximum atomic E-state index is 13.1. The van der Waals surface area contributed by atoms with Crippen LogP contribution in [0.1, 0.15) is 0 Å². The average Bonchev–Trinajstić information content (AvgIpc) is 3.28. The van der Waals surface area contributed by atoms with Gasteiger partial charge in [-0.3, -0.25) is 4.68 Å². The zero-order valence-corrected chi connectivity index (χ0v) is 14.9. The number of nitrogens with one attached hydrogen (secondary N) is 1. The third-order valence-corrected chi connectivity index (χ3v) is 4.77. The number of halogens is 2. The molecule has 0 atom stereocenters. The molecule has 1 N–H and O–H groups in total. The van der Waals surface area contributed by atoms with Crippen LogP contribution in [0, 0.1) is 0 Å². The van der Waals surface area contributed by atoms with Crippen molar-refractivity contribution in [1.82, 2.24) is 19.6 Å². The van der Waals surface area contributed by atoms with Gasteiger partial charge in [0, 0.05) is 25.5 Å². The zero-order valence-electron chi connectivity index (χ0n) is 14.9. The van der Waals surface area contributed by atoms with Crippen molar-refractivity contribution < 1.29 is 23.0 Å². The second-order valence-electron chi connectivity index (χ2n) is 6.90. The summed E-state index contributed by atoms with van der Waals surface area (Å²) in [5.41, 5.74) is 1.76. The molecule has 0 radical (unpaired) electrons. The van der Waals surface area contributed by atoms with Crippen molar-refractivity contribution in [2.24, 2.45) is 7.05 Å². The second-order valence-corrected chi connectivity index (χ2v) is 6.90. The summed E-state index contributed by atoms with van der Waals surface area (Å²) >= 11 is 0. The Hall–Kier alpha value is -3.14. The van der Waals surface area contributed by atoms with E-state index in [1.54, 1.807) is 47.1 Å². The fourth-order valence-electron chi connectivity index (χ4n) is 3.44. The lowest BCUT2D eigenvalue weighted by Crippen LogP contribution is -2.61. The van der Waals surface area contributed by atoms with Crippen molar-refractivity contribution in [2.45, 2.75) is 12.2 Å². The van der Waals surface area contributed by atoms with Gasteiger partial charge in [0.15, 0.2) is 0 Å². The summed E-state index contributed by atoms with van der Waals surface area (Å²) in [5.74, 6) is 0.556. The molecule has 146 valence electrons. The molecular formula is C18H17F2N5O3. The molecule has 0 unspecified atom stereocenters. The standard InChI is InChI=1S/C18H17F2N5O3/c1-24-7-13(25-4-2-3-21-25)16(23-24)11-5-15-12(6-14(11)28-17(19)20)22-18(10-27-15)8-26-9-18/h2-7,17,22H,8-10H2,1H3. The van der Waals surface area contributed by atoms with E-state index in [1.165, 1.54) is 6.07 Å². The van der Waals surface area contributed by atoms with E-state index in [1.807, 2.05) is 0 Å². The molecule has 1 fully saturated rings. The van der Waals surface area contributed by atoms with Gasteiger partial charge in [-0.2, -0.15) is 19.0 Å². The molecule has 10 heteroatoms. The lowest BCUT2D eigenvalue weighted by Gasteiger charge is -2.45. The first-order valence-electron chi connectivity index (χ1n) is 8.69. The zero-order chi connectivity index (χ0) is 19.3. The lowest BCUT2D eigenvalue weighted by molar-refractivity contribution is -0.0647. The first-order chi connectivity index (χ1) is 13.5. The smallest absolute Gasteiger partial charge is 0.387 e. The minimum atomic E-state index is -2.97. The normalized spacial score (nSPS) is 17.0. The summed E-state index contributed by atoms with van der Waals surface area (Å²) in [4.78, 5) is 0. The largest absolute Gasteiger partial charge is 0.489 e. The van der Waals surface area contributed by atoms with Crippen molar-refractivity contribution in [1.29, 1.82) is 0 Å². The fourth-order valence-corrected chi connectivity index (χ4v) is 3.44. The van der Waals surface area contributed by atoms with Crippen molar-refractivity contribution in [2.75, 3.05) is 25.1 Å². The van der Waals surface area contributed by atoms with Crippen LogP contribution >= 0.6 is 0 Å². The van der Waals surface area contributed by atoms with E-state index in [0.29, 0.717) is 48.2 Å². The number of benzene rings is 1. The molecule has 28 heavy (non-hydrogen) atoms. The Morgan fingerprint density at radius 1 is 1.29 bits per heavy atom. The van der Waals surface area contributed by atoms with Gasteiger partial charge < -0.3 is 19.5 Å². The van der Waals surface area contributed by atoms with Gasteiger partial charge in [0.25, 0.3) is 0 Å². The highest BCUT2D eigenvalue weighted by Crippen LogP contribution is 2.44. The predicted octanol–water partition coefficient (Wildman–Crippen LogP) is 2.45. The lowest BCUT2D eigenvalue weighted by atomic mass is 9.95. The van der Waals surface area contributed by atoms with Crippen molar-refractivity contribution >= 4 is 5.69 Å². The Balaban J connectivity index is 1.63. The Kier molecular flexibility index (Phi) is 3.76. The maximum Gasteiger partial charge on any atom is 0.387 e. The molecule has 2 aliphatic rings. The first kappa shape index (κ1) is 17.0. The Labute approximate surface area is 158 Å². The van der Waals surface area contributed by atoms with E-state index in [-0.39, 0.29) is 11.3 Å². The van der Waals surface area contributed by atoms with Gasteiger partial charge in [0.2, 0.25) is 0 Å². The second kappa shape index (κ2) is 6.20. The number of rotatable bonds is 4.